The van der Waals surface area contributed by atoms with Crippen molar-refractivity contribution < 1.29 is 13.6 Å². The Hall–Kier alpha value is -1.23. The van der Waals surface area contributed by atoms with Gasteiger partial charge in [0.25, 0.3) is 0 Å². The second-order valence-electron chi connectivity index (χ2n) is 2.64. The Balaban J connectivity index is 2.89. The van der Waals surface area contributed by atoms with Crippen LogP contribution in [0.25, 0.3) is 0 Å². The molecule has 1 aromatic carbocycles. The third-order valence-electron chi connectivity index (χ3n) is 1.51. The number of hydrogen-bond donors (Lipinski definition) is 1. The van der Waals surface area contributed by atoms with Crippen LogP contribution in [0.15, 0.2) is 12.1 Å². The van der Waals surface area contributed by atoms with E-state index >= 15 is 0 Å². The van der Waals surface area contributed by atoms with Gasteiger partial charge in [-0.2, -0.15) is 5.26 Å². The lowest BCUT2D eigenvalue weighted by molar-refractivity contribution is -0.115. The molecule has 1 aromatic rings. The Kier molecular flexibility index (Phi) is 3.96. The van der Waals surface area contributed by atoms with E-state index in [4.69, 9.17) is 5.26 Å². The first-order valence-electron chi connectivity index (χ1n) is 3.86. The number of anilines is 1. The largest absolute Gasteiger partial charge is 0.325 e. The lowest BCUT2D eigenvalue weighted by atomic mass is 10.3. The third-order valence-corrected chi connectivity index (χ3v) is 2.54. The summed E-state index contributed by atoms with van der Waals surface area (Å²) < 4.78 is 25.9. The van der Waals surface area contributed by atoms with Crippen molar-refractivity contribution in [3.63, 3.8) is 0 Å². The summed E-state index contributed by atoms with van der Waals surface area (Å²) in [7, 11) is 0. The van der Waals surface area contributed by atoms with Crippen molar-refractivity contribution in [3.05, 3.63) is 27.3 Å². The van der Waals surface area contributed by atoms with Gasteiger partial charge in [0.1, 0.15) is 18.1 Å². The summed E-state index contributed by atoms with van der Waals surface area (Å²) >= 11 is 1.52. The smallest absolute Gasteiger partial charge is 0.238 e. The highest BCUT2D eigenvalue weighted by molar-refractivity contribution is 14.1. The lowest BCUT2D eigenvalue weighted by Gasteiger charge is -2.04. The standard InChI is InChI=1S/C9H5F2IN2O/c10-6-3-5(4-7(11)9(6)12)14-8(15)1-2-13/h3-4H,1H2,(H,14,15). The molecule has 0 fully saturated rings. The van der Waals surface area contributed by atoms with Gasteiger partial charge >= 0.3 is 0 Å². The lowest BCUT2D eigenvalue weighted by Crippen LogP contribution is -2.10. The fourth-order valence-electron chi connectivity index (χ4n) is 0.905. The molecule has 3 nitrogen and oxygen atoms in total. The maximum Gasteiger partial charge on any atom is 0.238 e. The van der Waals surface area contributed by atoms with Crippen LogP contribution in [-0.4, -0.2) is 5.91 Å². The zero-order valence-electron chi connectivity index (χ0n) is 7.35. The number of rotatable bonds is 2. The molecule has 1 amide bonds. The molecule has 6 heteroatoms. The quantitative estimate of drug-likeness (QED) is 0.672. The predicted octanol–water partition coefficient (Wildman–Crippen LogP) is 2.42. The van der Waals surface area contributed by atoms with E-state index in [0.717, 1.165) is 12.1 Å². The fraction of sp³-hybridized carbons (Fsp3) is 0.111. The van der Waals surface area contributed by atoms with Gasteiger partial charge in [-0.15, -0.1) is 0 Å². The van der Waals surface area contributed by atoms with Crippen LogP contribution in [0.2, 0.25) is 0 Å². The number of halogens is 3. The number of nitrogens with one attached hydrogen (secondary N) is 1. The van der Waals surface area contributed by atoms with Crippen LogP contribution in [0.5, 0.6) is 0 Å². The second kappa shape index (κ2) is 5.02. The van der Waals surface area contributed by atoms with E-state index in [0.29, 0.717) is 0 Å². The van der Waals surface area contributed by atoms with E-state index in [-0.39, 0.29) is 15.7 Å². The minimum atomic E-state index is -0.747. The zero-order valence-corrected chi connectivity index (χ0v) is 9.51. The summed E-state index contributed by atoms with van der Waals surface area (Å²) in [6.07, 6.45) is -0.352. The van der Waals surface area contributed by atoms with Crippen molar-refractivity contribution in [1.29, 1.82) is 5.26 Å². The van der Waals surface area contributed by atoms with Crippen molar-refractivity contribution in [1.82, 2.24) is 0 Å². The molecule has 0 heterocycles. The average molecular weight is 322 g/mol. The summed E-state index contributed by atoms with van der Waals surface area (Å²) in [5.74, 6) is -2.09. The first kappa shape index (κ1) is 11.8. The zero-order chi connectivity index (χ0) is 11.4. The van der Waals surface area contributed by atoms with Gasteiger partial charge in [-0.3, -0.25) is 4.79 Å². The van der Waals surface area contributed by atoms with Gasteiger partial charge in [0, 0.05) is 5.69 Å². The minimum Gasteiger partial charge on any atom is -0.325 e. The highest BCUT2D eigenvalue weighted by atomic mass is 127. The summed E-state index contributed by atoms with van der Waals surface area (Å²) in [4.78, 5) is 10.9. The SMILES string of the molecule is N#CCC(=O)Nc1cc(F)c(I)c(F)c1. The maximum atomic E-state index is 13.0. The van der Waals surface area contributed by atoms with Crippen LogP contribution in [0.4, 0.5) is 14.5 Å². The van der Waals surface area contributed by atoms with Crippen LogP contribution in [0, 0.1) is 26.5 Å². The van der Waals surface area contributed by atoms with Gasteiger partial charge in [-0.05, 0) is 34.7 Å². The molecule has 1 N–H and O–H groups in total. The average Bonchev–Trinajstić information content (AvgIpc) is 2.14. The number of amides is 1. The van der Waals surface area contributed by atoms with Gasteiger partial charge < -0.3 is 5.32 Å². The Bertz CT molecular complexity index is 419. The number of nitriles is 1. The topological polar surface area (TPSA) is 52.9 Å². The van der Waals surface area contributed by atoms with Gasteiger partial charge in [0.05, 0.1) is 9.64 Å². The molecule has 0 aliphatic carbocycles. The molecule has 78 valence electrons. The minimum absolute atomic E-state index is 0.00525. The maximum absolute atomic E-state index is 13.0. The van der Waals surface area contributed by atoms with Crippen LogP contribution >= 0.6 is 22.6 Å². The second-order valence-corrected chi connectivity index (χ2v) is 3.72. The molecule has 0 saturated heterocycles. The molecule has 0 saturated carbocycles. The third kappa shape index (κ3) is 3.13. The molecule has 0 unspecified atom stereocenters. The van der Waals surface area contributed by atoms with Gasteiger partial charge in [-0.25, -0.2) is 8.78 Å². The van der Waals surface area contributed by atoms with Crippen molar-refractivity contribution in [2.45, 2.75) is 6.42 Å². The Morgan fingerprint density at radius 1 is 1.47 bits per heavy atom. The number of benzene rings is 1. The molecule has 0 radical (unpaired) electrons. The highest BCUT2D eigenvalue weighted by Crippen LogP contribution is 2.20. The number of nitrogens with zero attached hydrogens (tertiary/aromatic N) is 1. The Morgan fingerprint density at radius 3 is 2.47 bits per heavy atom. The summed E-state index contributed by atoms with van der Waals surface area (Å²) in [5, 5.41) is 10.4. The van der Waals surface area contributed by atoms with Crippen molar-refractivity contribution in [2.75, 3.05) is 5.32 Å². The molecule has 15 heavy (non-hydrogen) atoms. The normalized spacial score (nSPS) is 9.47. The van der Waals surface area contributed by atoms with Gasteiger partial charge in [0.15, 0.2) is 0 Å². The fourth-order valence-corrected chi connectivity index (χ4v) is 1.22. The molecule has 1 rings (SSSR count). The number of carbonyl (C=O) groups is 1. The van der Waals surface area contributed by atoms with Crippen LogP contribution in [0.1, 0.15) is 6.42 Å². The number of hydrogen-bond acceptors (Lipinski definition) is 2. The van der Waals surface area contributed by atoms with Crippen molar-refractivity contribution >= 4 is 34.2 Å². The Morgan fingerprint density at radius 2 is 2.00 bits per heavy atom. The molecular formula is C9H5F2IN2O. The van der Waals surface area contributed by atoms with Gasteiger partial charge in [-0.1, -0.05) is 0 Å². The van der Waals surface area contributed by atoms with E-state index in [1.807, 2.05) is 0 Å². The number of carbonyl (C=O) groups excluding carboxylic acids is 1. The summed E-state index contributed by atoms with van der Waals surface area (Å²) in [5.41, 5.74) is 0.00525. The van der Waals surface area contributed by atoms with E-state index in [1.54, 1.807) is 6.07 Å². The first-order chi connectivity index (χ1) is 7.04. The van der Waals surface area contributed by atoms with Crippen molar-refractivity contribution in [2.24, 2.45) is 0 Å². The highest BCUT2D eigenvalue weighted by Gasteiger charge is 2.09. The predicted molar refractivity (Wildman–Crippen MR) is 57.9 cm³/mol. The monoisotopic (exact) mass is 322 g/mol. The Labute approximate surface area is 98.2 Å². The molecular weight excluding hydrogens is 317 g/mol. The summed E-state index contributed by atoms with van der Waals surface area (Å²) in [6.45, 7) is 0. The van der Waals surface area contributed by atoms with E-state index in [9.17, 15) is 13.6 Å². The molecule has 0 aromatic heterocycles. The summed E-state index contributed by atoms with van der Waals surface area (Å²) in [6, 6.07) is 3.63. The van der Waals surface area contributed by atoms with Crippen LogP contribution in [-0.2, 0) is 4.79 Å². The first-order valence-corrected chi connectivity index (χ1v) is 4.94. The van der Waals surface area contributed by atoms with Gasteiger partial charge in [0.2, 0.25) is 5.91 Å². The van der Waals surface area contributed by atoms with Crippen LogP contribution in [0.3, 0.4) is 0 Å². The molecule has 0 aliphatic heterocycles. The molecule has 0 aliphatic rings. The van der Waals surface area contributed by atoms with E-state index in [2.05, 4.69) is 5.32 Å². The van der Waals surface area contributed by atoms with E-state index in [1.165, 1.54) is 22.6 Å². The van der Waals surface area contributed by atoms with Crippen molar-refractivity contribution in [3.8, 4) is 6.07 Å². The molecule has 0 spiro atoms. The molecule has 0 bridgehead atoms. The molecule has 0 atom stereocenters. The van der Waals surface area contributed by atoms with Crippen LogP contribution < -0.4 is 5.32 Å². The van der Waals surface area contributed by atoms with E-state index < -0.39 is 17.5 Å².